The van der Waals surface area contributed by atoms with Crippen LogP contribution in [-0.2, 0) is 19.6 Å². The molecule has 1 heterocycles. The Balaban J connectivity index is 1.74. The third-order valence-corrected chi connectivity index (χ3v) is 7.21. The summed E-state index contributed by atoms with van der Waals surface area (Å²) in [7, 11) is -2.56. The van der Waals surface area contributed by atoms with Crippen molar-refractivity contribution < 1.29 is 27.5 Å². The largest absolute Gasteiger partial charge is 0.497 e. The summed E-state index contributed by atoms with van der Waals surface area (Å²) in [5, 5.41) is 0.555. The van der Waals surface area contributed by atoms with Crippen molar-refractivity contribution in [1.29, 1.82) is 0 Å². The van der Waals surface area contributed by atoms with Crippen LogP contribution in [-0.4, -0.2) is 36.9 Å². The van der Waals surface area contributed by atoms with E-state index in [9.17, 15) is 18.0 Å². The molecule has 1 aromatic heterocycles. The monoisotopic (exact) mass is 517 g/mol. The summed E-state index contributed by atoms with van der Waals surface area (Å²) in [6, 6.07) is 21.0. The average molecular weight is 518 g/mol. The fourth-order valence-corrected chi connectivity index (χ4v) is 5.34. The molecule has 3 aromatic carbocycles. The van der Waals surface area contributed by atoms with Crippen LogP contribution in [0.4, 0.5) is 0 Å². The summed E-state index contributed by atoms with van der Waals surface area (Å²) in [6.07, 6.45) is 2.91. The number of ether oxygens (including phenoxy) is 2. The Kier molecular flexibility index (Phi) is 7.05. The molecule has 8 heteroatoms. The van der Waals surface area contributed by atoms with Crippen LogP contribution in [0.15, 0.2) is 89.8 Å². The molecule has 0 saturated carbocycles. The van der Waals surface area contributed by atoms with Gasteiger partial charge >= 0.3 is 5.97 Å². The van der Waals surface area contributed by atoms with Gasteiger partial charge in [0.1, 0.15) is 17.0 Å². The van der Waals surface area contributed by atoms with E-state index in [1.165, 1.54) is 25.3 Å². The maximum atomic E-state index is 13.6. The van der Waals surface area contributed by atoms with Crippen molar-refractivity contribution in [1.82, 2.24) is 3.97 Å². The van der Waals surface area contributed by atoms with E-state index in [-0.39, 0.29) is 10.6 Å². The standard InChI is InChI=1S/C29H27NO6S/c1-29(2,3)36-27(31)17-12-20-10-13-21(14-11-20)28(32)26-19-22-18-23(35-4)15-16-25(22)30(26)37(33,34)24-8-6-5-7-9-24/h5-19H,1-4H3/b17-12+. The fraction of sp³-hybridized carbons (Fsp3) is 0.172. The first-order chi connectivity index (χ1) is 17.5. The number of hydrogen-bond acceptors (Lipinski definition) is 6. The summed E-state index contributed by atoms with van der Waals surface area (Å²) < 4.78 is 38.9. The lowest BCUT2D eigenvalue weighted by atomic mass is 10.1. The topological polar surface area (TPSA) is 91.7 Å². The number of carbonyl (C=O) groups excluding carboxylic acids is 2. The number of benzene rings is 3. The molecule has 37 heavy (non-hydrogen) atoms. The van der Waals surface area contributed by atoms with Crippen molar-refractivity contribution in [3.05, 3.63) is 102 Å². The van der Waals surface area contributed by atoms with Gasteiger partial charge in [-0.2, -0.15) is 0 Å². The van der Waals surface area contributed by atoms with Crippen molar-refractivity contribution in [3.8, 4) is 5.75 Å². The predicted octanol–water partition coefficient (Wildman–Crippen LogP) is 5.47. The van der Waals surface area contributed by atoms with Crippen LogP contribution in [0.3, 0.4) is 0 Å². The molecule has 0 unspecified atom stereocenters. The van der Waals surface area contributed by atoms with E-state index < -0.39 is 27.4 Å². The van der Waals surface area contributed by atoms with Crippen LogP contribution in [0, 0.1) is 0 Å². The normalized spacial score (nSPS) is 12.1. The van der Waals surface area contributed by atoms with Crippen molar-refractivity contribution in [2.24, 2.45) is 0 Å². The molecule has 0 amide bonds. The van der Waals surface area contributed by atoms with Gasteiger partial charge in [-0.25, -0.2) is 17.2 Å². The Bertz CT molecular complexity index is 1590. The van der Waals surface area contributed by atoms with Gasteiger partial charge in [-0.15, -0.1) is 0 Å². The number of nitrogens with zero attached hydrogens (tertiary/aromatic N) is 1. The Hall–Kier alpha value is -4.17. The lowest BCUT2D eigenvalue weighted by Crippen LogP contribution is -2.22. The van der Waals surface area contributed by atoms with E-state index in [0.717, 1.165) is 3.97 Å². The number of carbonyl (C=O) groups is 2. The molecule has 0 fully saturated rings. The minimum absolute atomic E-state index is 0.00385. The zero-order valence-electron chi connectivity index (χ0n) is 21.0. The summed E-state index contributed by atoms with van der Waals surface area (Å²) >= 11 is 0. The van der Waals surface area contributed by atoms with Gasteiger partial charge in [0.15, 0.2) is 0 Å². The molecule has 0 N–H and O–H groups in total. The van der Waals surface area contributed by atoms with Gasteiger partial charge in [0.25, 0.3) is 10.0 Å². The Labute approximate surface area is 216 Å². The zero-order chi connectivity index (χ0) is 26.8. The SMILES string of the molecule is COc1ccc2c(c1)cc(C(=O)c1ccc(/C=C/C(=O)OC(C)(C)C)cc1)n2S(=O)(=O)c1ccccc1. The minimum atomic E-state index is -4.07. The average Bonchev–Trinajstić information content (AvgIpc) is 3.26. The number of ketones is 1. The second kappa shape index (κ2) is 10.1. The van der Waals surface area contributed by atoms with Gasteiger partial charge in [-0.1, -0.05) is 42.5 Å². The number of rotatable bonds is 7. The molecular formula is C29H27NO6S. The summed E-state index contributed by atoms with van der Waals surface area (Å²) in [4.78, 5) is 25.6. The summed E-state index contributed by atoms with van der Waals surface area (Å²) in [5.41, 5.74) is 0.757. The predicted molar refractivity (Wildman–Crippen MR) is 142 cm³/mol. The van der Waals surface area contributed by atoms with Crippen LogP contribution in [0.2, 0.25) is 0 Å². The highest BCUT2D eigenvalue weighted by Gasteiger charge is 2.27. The van der Waals surface area contributed by atoms with Crippen molar-refractivity contribution >= 4 is 38.8 Å². The number of esters is 1. The van der Waals surface area contributed by atoms with Gasteiger partial charge in [0.2, 0.25) is 5.78 Å². The van der Waals surface area contributed by atoms with E-state index in [2.05, 4.69) is 0 Å². The van der Waals surface area contributed by atoms with Gasteiger partial charge in [-0.05, 0) is 68.8 Å². The molecule has 0 radical (unpaired) electrons. The quantitative estimate of drug-likeness (QED) is 0.183. The zero-order valence-corrected chi connectivity index (χ0v) is 21.8. The number of methoxy groups -OCH3 is 1. The Morgan fingerprint density at radius 3 is 2.19 bits per heavy atom. The molecule has 0 aliphatic heterocycles. The van der Waals surface area contributed by atoms with Crippen molar-refractivity contribution in [3.63, 3.8) is 0 Å². The van der Waals surface area contributed by atoms with E-state index in [1.807, 2.05) is 0 Å². The third-order valence-electron chi connectivity index (χ3n) is 5.47. The van der Waals surface area contributed by atoms with Crippen LogP contribution in [0.25, 0.3) is 17.0 Å². The molecule has 0 atom stereocenters. The van der Waals surface area contributed by atoms with E-state index in [0.29, 0.717) is 27.8 Å². The van der Waals surface area contributed by atoms with Crippen molar-refractivity contribution in [2.75, 3.05) is 7.11 Å². The second-order valence-electron chi connectivity index (χ2n) is 9.35. The fourth-order valence-electron chi connectivity index (χ4n) is 3.80. The molecule has 0 aliphatic rings. The van der Waals surface area contributed by atoms with E-state index in [4.69, 9.17) is 9.47 Å². The van der Waals surface area contributed by atoms with Gasteiger partial charge in [0.05, 0.1) is 17.5 Å². The molecule has 0 saturated heterocycles. The van der Waals surface area contributed by atoms with Crippen LogP contribution in [0.5, 0.6) is 5.75 Å². The minimum Gasteiger partial charge on any atom is -0.497 e. The Morgan fingerprint density at radius 2 is 1.57 bits per heavy atom. The smallest absolute Gasteiger partial charge is 0.331 e. The first-order valence-electron chi connectivity index (χ1n) is 11.6. The molecule has 0 aliphatic carbocycles. The number of hydrogen-bond donors (Lipinski definition) is 0. The van der Waals surface area contributed by atoms with Gasteiger partial charge in [0, 0.05) is 17.0 Å². The lowest BCUT2D eigenvalue weighted by molar-refractivity contribution is -0.148. The molecule has 4 aromatic rings. The first kappa shape index (κ1) is 25.9. The highest BCUT2D eigenvalue weighted by atomic mass is 32.2. The molecule has 0 bridgehead atoms. The maximum absolute atomic E-state index is 13.6. The van der Waals surface area contributed by atoms with Crippen LogP contribution >= 0.6 is 0 Å². The lowest BCUT2D eigenvalue weighted by Gasteiger charge is -2.17. The second-order valence-corrected chi connectivity index (χ2v) is 11.1. The molecule has 4 rings (SSSR count). The summed E-state index contributed by atoms with van der Waals surface area (Å²) in [6.45, 7) is 5.35. The van der Waals surface area contributed by atoms with Crippen molar-refractivity contribution in [2.45, 2.75) is 31.3 Å². The molecular weight excluding hydrogens is 490 g/mol. The molecule has 190 valence electrons. The number of fused-ring (bicyclic) bond motifs is 1. The van der Waals surface area contributed by atoms with Gasteiger partial charge in [-0.3, -0.25) is 4.79 Å². The van der Waals surface area contributed by atoms with E-state index in [1.54, 1.807) is 93.6 Å². The highest BCUT2D eigenvalue weighted by Crippen LogP contribution is 2.30. The first-order valence-corrected chi connectivity index (χ1v) is 13.0. The molecule has 7 nitrogen and oxygen atoms in total. The number of aromatic nitrogens is 1. The maximum Gasteiger partial charge on any atom is 0.331 e. The van der Waals surface area contributed by atoms with E-state index >= 15 is 0 Å². The Morgan fingerprint density at radius 1 is 0.892 bits per heavy atom. The summed E-state index contributed by atoms with van der Waals surface area (Å²) in [5.74, 6) is -0.391. The molecule has 0 spiro atoms. The highest BCUT2D eigenvalue weighted by molar-refractivity contribution is 7.90. The van der Waals surface area contributed by atoms with Crippen LogP contribution < -0.4 is 4.74 Å². The van der Waals surface area contributed by atoms with Gasteiger partial charge < -0.3 is 9.47 Å². The third kappa shape index (κ3) is 5.65. The van der Waals surface area contributed by atoms with Crippen LogP contribution in [0.1, 0.15) is 42.4 Å².